The minimum absolute atomic E-state index is 0.187. The molecule has 152 valence electrons. The minimum Gasteiger partial charge on any atom is -0.370 e. The number of aryl methyl sites for hydroxylation is 1. The molecule has 4 rings (SSSR count). The molecule has 4 aromatic rings. The summed E-state index contributed by atoms with van der Waals surface area (Å²) in [5, 5.41) is 9.94. The molecule has 1 amide bonds. The smallest absolute Gasteiger partial charge is 0.267 e. The maximum absolute atomic E-state index is 12.4. The number of anilines is 4. The van der Waals surface area contributed by atoms with Crippen LogP contribution >= 0.6 is 11.3 Å². The van der Waals surface area contributed by atoms with Crippen molar-refractivity contribution in [2.45, 2.75) is 13.0 Å². The van der Waals surface area contributed by atoms with Gasteiger partial charge < -0.3 is 20.5 Å². The maximum atomic E-state index is 12.4. The van der Waals surface area contributed by atoms with Crippen LogP contribution in [0.4, 0.5) is 22.5 Å². The van der Waals surface area contributed by atoms with Gasteiger partial charge in [0.2, 0.25) is 0 Å². The summed E-state index contributed by atoms with van der Waals surface area (Å²) in [6, 6.07) is 15.0. The molecule has 3 N–H and O–H groups in total. The topological polar surface area (TPSA) is 96.8 Å². The van der Waals surface area contributed by atoms with Crippen molar-refractivity contribution in [3.63, 3.8) is 0 Å². The summed E-state index contributed by atoms with van der Waals surface area (Å²) in [7, 11) is 0. The molecule has 0 aliphatic rings. The van der Waals surface area contributed by atoms with Crippen molar-refractivity contribution < 1.29 is 4.79 Å². The van der Waals surface area contributed by atoms with Crippen molar-refractivity contribution in [2.24, 2.45) is 0 Å². The molecule has 0 atom stereocenters. The molecule has 30 heavy (non-hydrogen) atoms. The second-order valence-corrected chi connectivity index (χ2v) is 7.49. The fraction of sp³-hybridized carbons (Fsp3) is 0.143. The Balaban J connectivity index is 1.30. The standard InChI is InChI=1S/C21H21N7OS/c29-20(25-16-6-2-1-3-7-16)17-14-24-21(30-17)27-19-9-4-8-18(26-19)23-10-5-12-28-13-11-22-15-28/h1-4,6-9,11,13-15H,5,10,12H2,(H,25,29)(H2,23,24,26,27). The minimum atomic E-state index is -0.187. The van der Waals surface area contributed by atoms with Gasteiger partial charge in [-0.15, -0.1) is 0 Å². The first kappa shape index (κ1) is 19.6. The molecule has 3 heterocycles. The van der Waals surface area contributed by atoms with Crippen molar-refractivity contribution >= 4 is 39.7 Å². The van der Waals surface area contributed by atoms with Gasteiger partial charge in [-0.25, -0.2) is 15.0 Å². The number of rotatable bonds is 9. The second kappa shape index (κ2) is 9.66. The maximum Gasteiger partial charge on any atom is 0.267 e. The number of pyridine rings is 1. The van der Waals surface area contributed by atoms with Gasteiger partial charge >= 0.3 is 0 Å². The molecule has 8 nitrogen and oxygen atoms in total. The number of hydrogen-bond acceptors (Lipinski definition) is 7. The molecule has 0 radical (unpaired) electrons. The van der Waals surface area contributed by atoms with E-state index >= 15 is 0 Å². The van der Waals surface area contributed by atoms with Gasteiger partial charge in [0.05, 0.1) is 12.5 Å². The Labute approximate surface area is 178 Å². The average molecular weight is 420 g/mol. The van der Waals surface area contributed by atoms with Crippen molar-refractivity contribution in [1.29, 1.82) is 0 Å². The van der Waals surface area contributed by atoms with Crippen LogP contribution < -0.4 is 16.0 Å². The Bertz CT molecular complexity index is 1080. The summed E-state index contributed by atoms with van der Waals surface area (Å²) in [6.45, 7) is 1.70. The molecular weight excluding hydrogens is 398 g/mol. The van der Waals surface area contributed by atoms with E-state index in [1.54, 1.807) is 12.4 Å². The summed E-state index contributed by atoms with van der Waals surface area (Å²) in [6.07, 6.45) is 8.06. The normalized spacial score (nSPS) is 10.5. The van der Waals surface area contributed by atoms with Gasteiger partial charge in [0, 0.05) is 31.2 Å². The van der Waals surface area contributed by atoms with Crippen molar-refractivity contribution in [2.75, 3.05) is 22.5 Å². The lowest BCUT2D eigenvalue weighted by Gasteiger charge is -2.08. The second-order valence-electron chi connectivity index (χ2n) is 6.46. The Morgan fingerprint density at radius 1 is 1.07 bits per heavy atom. The first-order valence-corrected chi connectivity index (χ1v) is 10.3. The quantitative estimate of drug-likeness (QED) is 0.351. The third kappa shape index (κ3) is 5.42. The lowest BCUT2D eigenvalue weighted by molar-refractivity contribution is 0.103. The van der Waals surface area contributed by atoms with Crippen LogP contribution in [0.2, 0.25) is 0 Å². The van der Waals surface area contributed by atoms with E-state index in [0.717, 1.165) is 31.0 Å². The van der Waals surface area contributed by atoms with Gasteiger partial charge in [0.25, 0.3) is 5.91 Å². The number of imidazole rings is 1. The Hall–Kier alpha value is -3.72. The lowest BCUT2D eigenvalue weighted by atomic mass is 10.3. The number of thiazole rings is 1. The van der Waals surface area contributed by atoms with E-state index in [4.69, 9.17) is 0 Å². The van der Waals surface area contributed by atoms with Gasteiger partial charge in [-0.05, 0) is 30.7 Å². The third-order valence-corrected chi connectivity index (χ3v) is 5.12. The van der Waals surface area contributed by atoms with Crippen LogP contribution in [-0.2, 0) is 6.54 Å². The zero-order valence-electron chi connectivity index (χ0n) is 16.2. The van der Waals surface area contributed by atoms with E-state index in [0.29, 0.717) is 15.8 Å². The van der Waals surface area contributed by atoms with Crippen LogP contribution in [0, 0.1) is 0 Å². The summed E-state index contributed by atoms with van der Waals surface area (Å²) in [5.41, 5.74) is 0.749. The van der Waals surface area contributed by atoms with E-state index in [1.165, 1.54) is 11.3 Å². The van der Waals surface area contributed by atoms with E-state index in [9.17, 15) is 4.79 Å². The highest BCUT2D eigenvalue weighted by atomic mass is 32.1. The Morgan fingerprint density at radius 3 is 2.77 bits per heavy atom. The highest BCUT2D eigenvalue weighted by Gasteiger charge is 2.11. The average Bonchev–Trinajstić information content (AvgIpc) is 3.45. The molecule has 9 heteroatoms. The Kier molecular flexibility index (Phi) is 6.31. The molecular formula is C21H21N7OS. The van der Waals surface area contributed by atoms with Gasteiger partial charge in [0.15, 0.2) is 5.13 Å². The van der Waals surface area contributed by atoms with Crippen LogP contribution in [-0.4, -0.2) is 32.0 Å². The van der Waals surface area contributed by atoms with Gasteiger partial charge in [-0.3, -0.25) is 4.79 Å². The van der Waals surface area contributed by atoms with Crippen LogP contribution in [0.3, 0.4) is 0 Å². The van der Waals surface area contributed by atoms with Gasteiger partial charge in [0.1, 0.15) is 16.5 Å². The third-order valence-electron chi connectivity index (χ3n) is 4.20. The molecule has 0 aliphatic heterocycles. The molecule has 0 unspecified atom stereocenters. The van der Waals surface area contributed by atoms with Crippen molar-refractivity contribution in [3.8, 4) is 0 Å². The molecule has 1 aromatic carbocycles. The van der Waals surface area contributed by atoms with Crippen molar-refractivity contribution in [3.05, 3.63) is 78.3 Å². The zero-order chi connectivity index (χ0) is 20.6. The van der Waals surface area contributed by atoms with Crippen LogP contribution in [0.5, 0.6) is 0 Å². The monoisotopic (exact) mass is 419 g/mol. The SMILES string of the molecule is O=C(Nc1ccccc1)c1cnc(Nc2cccc(NCCCn3ccnc3)n2)s1. The van der Waals surface area contributed by atoms with Gasteiger partial charge in [-0.2, -0.15) is 0 Å². The van der Waals surface area contributed by atoms with E-state index < -0.39 is 0 Å². The molecule has 0 saturated heterocycles. The number of para-hydroxylation sites is 1. The number of nitrogens with zero attached hydrogens (tertiary/aromatic N) is 4. The summed E-state index contributed by atoms with van der Waals surface area (Å²) in [4.78, 5) is 25.8. The molecule has 0 saturated carbocycles. The molecule has 0 fully saturated rings. The number of carbonyl (C=O) groups excluding carboxylic acids is 1. The summed E-state index contributed by atoms with van der Waals surface area (Å²) in [5.74, 6) is 1.26. The first-order chi connectivity index (χ1) is 14.8. The Morgan fingerprint density at radius 2 is 1.93 bits per heavy atom. The molecule has 0 spiro atoms. The molecule has 0 bridgehead atoms. The fourth-order valence-corrected chi connectivity index (χ4v) is 3.48. The number of carbonyl (C=O) groups is 1. The van der Waals surface area contributed by atoms with Crippen LogP contribution in [0.25, 0.3) is 0 Å². The van der Waals surface area contributed by atoms with Crippen LogP contribution in [0.15, 0.2) is 73.4 Å². The highest BCUT2D eigenvalue weighted by Crippen LogP contribution is 2.23. The van der Waals surface area contributed by atoms with Crippen molar-refractivity contribution in [1.82, 2.24) is 19.5 Å². The predicted molar refractivity (Wildman–Crippen MR) is 119 cm³/mol. The van der Waals surface area contributed by atoms with E-state index in [2.05, 4.69) is 30.9 Å². The number of benzene rings is 1. The summed E-state index contributed by atoms with van der Waals surface area (Å²) < 4.78 is 2.04. The van der Waals surface area contributed by atoms with E-state index in [1.807, 2.05) is 65.6 Å². The first-order valence-electron chi connectivity index (χ1n) is 9.52. The van der Waals surface area contributed by atoms with E-state index in [-0.39, 0.29) is 5.91 Å². The number of nitrogens with one attached hydrogen (secondary N) is 3. The number of hydrogen-bond donors (Lipinski definition) is 3. The lowest BCUT2D eigenvalue weighted by Crippen LogP contribution is -2.09. The molecule has 0 aliphatic carbocycles. The highest BCUT2D eigenvalue weighted by molar-refractivity contribution is 7.17. The molecule has 3 aromatic heterocycles. The van der Waals surface area contributed by atoms with Gasteiger partial charge in [-0.1, -0.05) is 35.6 Å². The van der Waals surface area contributed by atoms with Crippen LogP contribution in [0.1, 0.15) is 16.1 Å². The summed E-state index contributed by atoms with van der Waals surface area (Å²) >= 11 is 1.28. The largest absolute Gasteiger partial charge is 0.370 e. The fourth-order valence-electron chi connectivity index (χ4n) is 2.76. The zero-order valence-corrected chi connectivity index (χ0v) is 17.0. The predicted octanol–water partition coefficient (Wildman–Crippen LogP) is 4.23. The number of aromatic nitrogens is 4. The number of amides is 1.